The van der Waals surface area contributed by atoms with Crippen LogP contribution in [0.1, 0.15) is 26.7 Å². The van der Waals surface area contributed by atoms with E-state index in [4.69, 9.17) is 0 Å². The molecule has 2 nitrogen and oxygen atoms in total. The average Bonchev–Trinajstić information content (AvgIpc) is 2.18. The predicted octanol–water partition coefficient (Wildman–Crippen LogP) is 3.47. The van der Waals surface area contributed by atoms with Crippen LogP contribution in [0.2, 0.25) is 0 Å². The zero-order valence-corrected chi connectivity index (χ0v) is 10.6. The Kier molecular flexibility index (Phi) is 4.39. The molecule has 1 atom stereocenters. The van der Waals surface area contributed by atoms with Gasteiger partial charge in [-0.25, -0.2) is 4.98 Å². The molecular weight excluding hydrogens is 240 g/mol. The first-order valence-electron chi connectivity index (χ1n) is 5.00. The van der Waals surface area contributed by atoms with E-state index in [1.165, 1.54) is 12.8 Å². The monoisotopic (exact) mass is 256 g/mol. The molecule has 1 unspecified atom stereocenters. The summed E-state index contributed by atoms with van der Waals surface area (Å²) in [5, 5.41) is 0. The zero-order valence-electron chi connectivity index (χ0n) is 9.00. The molecule has 0 amide bonds. The van der Waals surface area contributed by atoms with Gasteiger partial charge in [-0.05, 0) is 41.4 Å². The molecule has 1 aromatic heterocycles. The van der Waals surface area contributed by atoms with Crippen molar-refractivity contribution in [2.24, 2.45) is 0 Å². The van der Waals surface area contributed by atoms with Gasteiger partial charge in [-0.1, -0.05) is 13.3 Å². The highest BCUT2D eigenvalue weighted by Crippen LogP contribution is 2.24. The number of halogens is 1. The highest BCUT2D eigenvalue weighted by atomic mass is 79.9. The van der Waals surface area contributed by atoms with E-state index in [1.807, 2.05) is 18.3 Å². The van der Waals surface area contributed by atoms with E-state index < -0.39 is 0 Å². The maximum Gasteiger partial charge on any atom is 0.142 e. The molecular formula is C11H17BrN2. The van der Waals surface area contributed by atoms with Crippen LogP contribution >= 0.6 is 15.9 Å². The van der Waals surface area contributed by atoms with Crippen molar-refractivity contribution in [1.29, 1.82) is 0 Å². The van der Waals surface area contributed by atoms with Crippen LogP contribution in [-0.2, 0) is 0 Å². The maximum atomic E-state index is 4.36. The van der Waals surface area contributed by atoms with E-state index in [0.717, 1.165) is 10.3 Å². The van der Waals surface area contributed by atoms with E-state index in [0.29, 0.717) is 6.04 Å². The summed E-state index contributed by atoms with van der Waals surface area (Å²) in [5.74, 6) is 1.02. The Morgan fingerprint density at radius 1 is 1.57 bits per heavy atom. The second kappa shape index (κ2) is 5.35. The quantitative estimate of drug-likeness (QED) is 0.821. The van der Waals surface area contributed by atoms with Gasteiger partial charge in [0.1, 0.15) is 5.82 Å². The largest absolute Gasteiger partial charge is 0.356 e. The van der Waals surface area contributed by atoms with Crippen LogP contribution in [0.15, 0.2) is 22.8 Å². The summed E-state index contributed by atoms with van der Waals surface area (Å²) < 4.78 is 1.06. The number of hydrogen-bond acceptors (Lipinski definition) is 2. The molecule has 0 aliphatic rings. The minimum atomic E-state index is 0.534. The Morgan fingerprint density at radius 3 is 2.86 bits per heavy atom. The van der Waals surface area contributed by atoms with Crippen LogP contribution in [0.4, 0.5) is 5.82 Å². The number of pyridine rings is 1. The van der Waals surface area contributed by atoms with E-state index in [9.17, 15) is 0 Å². The van der Waals surface area contributed by atoms with Gasteiger partial charge in [0, 0.05) is 19.3 Å². The topological polar surface area (TPSA) is 16.1 Å². The normalized spacial score (nSPS) is 12.6. The molecule has 78 valence electrons. The summed E-state index contributed by atoms with van der Waals surface area (Å²) in [4.78, 5) is 6.58. The van der Waals surface area contributed by atoms with Gasteiger partial charge in [-0.3, -0.25) is 0 Å². The van der Waals surface area contributed by atoms with Crippen LogP contribution in [0.25, 0.3) is 0 Å². The summed E-state index contributed by atoms with van der Waals surface area (Å²) in [6.45, 7) is 4.43. The lowest BCUT2D eigenvalue weighted by atomic mass is 10.2. The summed E-state index contributed by atoms with van der Waals surface area (Å²) >= 11 is 3.51. The van der Waals surface area contributed by atoms with Gasteiger partial charge in [0.2, 0.25) is 0 Å². The van der Waals surface area contributed by atoms with Crippen LogP contribution in [0.3, 0.4) is 0 Å². The van der Waals surface area contributed by atoms with Gasteiger partial charge in [0.05, 0.1) is 4.47 Å². The third kappa shape index (κ3) is 2.71. The second-order valence-electron chi connectivity index (χ2n) is 3.56. The molecule has 1 heterocycles. The first kappa shape index (κ1) is 11.5. The molecule has 3 heteroatoms. The van der Waals surface area contributed by atoms with Gasteiger partial charge in [-0.2, -0.15) is 0 Å². The molecule has 0 saturated carbocycles. The fourth-order valence-corrected chi connectivity index (χ4v) is 1.99. The molecule has 14 heavy (non-hydrogen) atoms. The molecule has 0 aliphatic heterocycles. The Balaban J connectivity index is 2.78. The standard InChI is InChI=1S/C11H17BrN2/c1-4-6-9(2)14(3)11-10(12)7-5-8-13-11/h5,7-9H,4,6H2,1-3H3. The highest BCUT2D eigenvalue weighted by Gasteiger charge is 2.12. The predicted molar refractivity (Wildman–Crippen MR) is 64.7 cm³/mol. The van der Waals surface area contributed by atoms with Crippen molar-refractivity contribution in [2.75, 3.05) is 11.9 Å². The smallest absolute Gasteiger partial charge is 0.142 e. The molecule has 0 N–H and O–H groups in total. The Labute approximate surface area is 94.5 Å². The minimum Gasteiger partial charge on any atom is -0.356 e. The second-order valence-corrected chi connectivity index (χ2v) is 4.41. The number of rotatable bonds is 4. The van der Waals surface area contributed by atoms with Crippen molar-refractivity contribution in [3.05, 3.63) is 22.8 Å². The lowest BCUT2D eigenvalue weighted by Crippen LogP contribution is -2.29. The fourth-order valence-electron chi connectivity index (χ4n) is 1.46. The van der Waals surface area contributed by atoms with Crippen LogP contribution in [0, 0.1) is 0 Å². The highest BCUT2D eigenvalue weighted by molar-refractivity contribution is 9.10. The summed E-state index contributed by atoms with van der Waals surface area (Å²) in [5.41, 5.74) is 0. The molecule has 0 spiro atoms. The summed E-state index contributed by atoms with van der Waals surface area (Å²) in [7, 11) is 2.09. The average molecular weight is 257 g/mol. The van der Waals surface area contributed by atoms with Crippen LogP contribution in [0.5, 0.6) is 0 Å². The van der Waals surface area contributed by atoms with Gasteiger partial charge >= 0.3 is 0 Å². The van der Waals surface area contributed by atoms with Crippen molar-refractivity contribution in [3.8, 4) is 0 Å². The first-order valence-corrected chi connectivity index (χ1v) is 5.79. The third-order valence-corrected chi connectivity index (χ3v) is 3.06. The van der Waals surface area contributed by atoms with E-state index in [2.05, 4.69) is 46.7 Å². The van der Waals surface area contributed by atoms with Crippen molar-refractivity contribution in [1.82, 2.24) is 4.98 Å². The molecule has 1 aromatic rings. The molecule has 0 bridgehead atoms. The molecule has 0 fully saturated rings. The van der Waals surface area contributed by atoms with Crippen molar-refractivity contribution < 1.29 is 0 Å². The van der Waals surface area contributed by atoms with Gasteiger partial charge in [0.15, 0.2) is 0 Å². The Morgan fingerprint density at radius 2 is 2.29 bits per heavy atom. The minimum absolute atomic E-state index is 0.534. The Bertz CT molecular complexity index is 288. The third-order valence-electron chi connectivity index (χ3n) is 2.44. The fraction of sp³-hybridized carbons (Fsp3) is 0.545. The van der Waals surface area contributed by atoms with E-state index in [1.54, 1.807) is 0 Å². The van der Waals surface area contributed by atoms with Gasteiger partial charge < -0.3 is 4.90 Å². The number of aromatic nitrogens is 1. The van der Waals surface area contributed by atoms with Gasteiger partial charge in [-0.15, -0.1) is 0 Å². The SMILES string of the molecule is CCCC(C)N(C)c1ncccc1Br. The van der Waals surface area contributed by atoms with Gasteiger partial charge in [0.25, 0.3) is 0 Å². The number of nitrogens with zero attached hydrogens (tertiary/aromatic N) is 2. The lowest BCUT2D eigenvalue weighted by molar-refractivity contribution is 0.610. The summed E-state index contributed by atoms with van der Waals surface area (Å²) in [6.07, 6.45) is 4.23. The first-order chi connectivity index (χ1) is 6.66. The van der Waals surface area contributed by atoms with Crippen LogP contribution in [-0.4, -0.2) is 18.1 Å². The molecule has 1 rings (SSSR count). The van der Waals surface area contributed by atoms with Crippen molar-refractivity contribution >= 4 is 21.7 Å². The van der Waals surface area contributed by atoms with Crippen LogP contribution < -0.4 is 4.90 Å². The molecule has 0 radical (unpaired) electrons. The summed E-state index contributed by atoms with van der Waals surface area (Å²) in [6, 6.07) is 4.50. The number of anilines is 1. The Hall–Kier alpha value is -0.570. The van der Waals surface area contributed by atoms with E-state index in [-0.39, 0.29) is 0 Å². The molecule has 0 saturated heterocycles. The maximum absolute atomic E-state index is 4.36. The van der Waals surface area contributed by atoms with E-state index >= 15 is 0 Å². The van der Waals surface area contributed by atoms with Crippen molar-refractivity contribution in [2.45, 2.75) is 32.7 Å². The lowest BCUT2D eigenvalue weighted by Gasteiger charge is -2.26. The zero-order chi connectivity index (χ0) is 10.6. The molecule has 0 aliphatic carbocycles. The molecule has 0 aromatic carbocycles. The number of hydrogen-bond donors (Lipinski definition) is 0. The van der Waals surface area contributed by atoms with Crippen molar-refractivity contribution in [3.63, 3.8) is 0 Å².